The minimum atomic E-state index is 0.297. The van der Waals surface area contributed by atoms with Crippen LogP contribution in [0.2, 0.25) is 0 Å². The number of amides is 1. The molecule has 0 radical (unpaired) electrons. The second-order valence-corrected chi connectivity index (χ2v) is 7.16. The Balaban J connectivity index is 1.44. The lowest BCUT2D eigenvalue weighted by Crippen LogP contribution is -2.28. The van der Waals surface area contributed by atoms with Crippen LogP contribution in [-0.2, 0) is 11.8 Å². The first-order chi connectivity index (χ1) is 12.0. The highest BCUT2D eigenvalue weighted by Gasteiger charge is 2.39. The molecule has 0 spiro atoms. The van der Waals surface area contributed by atoms with Crippen LogP contribution in [0, 0.1) is 19.8 Å². The molecule has 1 aliphatic carbocycles. The molecule has 7 heteroatoms. The summed E-state index contributed by atoms with van der Waals surface area (Å²) in [5.41, 5.74) is 3.99. The zero-order chi connectivity index (χ0) is 17.6. The van der Waals surface area contributed by atoms with E-state index in [1.165, 1.54) is 12.8 Å². The Kier molecular flexibility index (Phi) is 3.94. The molecule has 1 N–H and O–H groups in total. The SMILES string of the molecule is Cc1nn(C)c(C)c1-c1ccnc(NC[C@@H]2CC(=O)N(C3CC3)C2)n1. The molecule has 1 amide bonds. The molecule has 4 rings (SSSR count). The molecule has 132 valence electrons. The maximum absolute atomic E-state index is 12.1. The van der Waals surface area contributed by atoms with Crippen LogP contribution in [0.4, 0.5) is 5.95 Å². The normalized spacial score (nSPS) is 20.4. The smallest absolute Gasteiger partial charge is 0.223 e. The Bertz CT molecular complexity index is 810. The molecule has 7 nitrogen and oxygen atoms in total. The lowest BCUT2D eigenvalue weighted by molar-refractivity contribution is -0.128. The quantitative estimate of drug-likeness (QED) is 0.900. The molecule has 2 fully saturated rings. The van der Waals surface area contributed by atoms with Crippen molar-refractivity contribution in [2.24, 2.45) is 13.0 Å². The first-order valence-corrected chi connectivity index (χ1v) is 8.90. The molecule has 0 unspecified atom stereocenters. The zero-order valence-corrected chi connectivity index (χ0v) is 15.0. The molecule has 2 aromatic heterocycles. The first kappa shape index (κ1) is 16.1. The molecule has 25 heavy (non-hydrogen) atoms. The van der Waals surface area contributed by atoms with E-state index in [1.807, 2.05) is 36.5 Å². The third-order valence-corrected chi connectivity index (χ3v) is 5.20. The van der Waals surface area contributed by atoms with Gasteiger partial charge in [0.15, 0.2) is 0 Å². The van der Waals surface area contributed by atoms with E-state index in [2.05, 4.69) is 20.4 Å². The number of carbonyl (C=O) groups is 1. The lowest BCUT2D eigenvalue weighted by atomic mass is 10.1. The number of hydrogen-bond donors (Lipinski definition) is 1. The summed E-state index contributed by atoms with van der Waals surface area (Å²) in [5.74, 6) is 1.24. The van der Waals surface area contributed by atoms with E-state index in [1.54, 1.807) is 6.20 Å². The van der Waals surface area contributed by atoms with Gasteiger partial charge in [0.2, 0.25) is 11.9 Å². The predicted octanol–water partition coefficient (Wildman–Crippen LogP) is 1.92. The number of aryl methyl sites for hydroxylation is 2. The minimum absolute atomic E-state index is 0.297. The summed E-state index contributed by atoms with van der Waals surface area (Å²) in [6, 6.07) is 2.42. The number of carbonyl (C=O) groups excluding carboxylic acids is 1. The number of anilines is 1. The Labute approximate surface area is 147 Å². The highest BCUT2D eigenvalue weighted by Crippen LogP contribution is 2.32. The van der Waals surface area contributed by atoms with Crippen LogP contribution < -0.4 is 5.32 Å². The summed E-state index contributed by atoms with van der Waals surface area (Å²) >= 11 is 0. The van der Waals surface area contributed by atoms with E-state index in [4.69, 9.17) is 0 Å². The third kappa shape index (κ3) is 3.10. The third-order valence-electron chi connectivity index (χ3n) is 5.20. The van der Waals surface area contributed by atoms with E-state index in [0.717, 1.165) is 35.7 Å². The summed E-state index contributed by atoms with van der Waals surface area (Å²) in [5, 5.41) is 7.77. The van der Waals surface area contributed by atoms with Crippen LogP contribution in [0.25, 0.3) is 11.3 Å². The van der Waals surface area contributed by atoms with Crippen LogP contribution in [0.3, 0.4) is 0 Å². The second kappa shape index (κ2) is 6.13. The molecule has 2 aliphatic rings. The van der Waals surface area contributed by atoms with Gasteiger partial charge in [-0.2, -0.15) is 5.10 Å². The molecule has 3 heterocycles. The summed E-state index contributed by atoms with van der Waals surface area (Å²) in [6.07, 6.45) is 4.73. The van der Waals surface area contributed by atoms with Crippen molar-refractivity contribution >= 4 is 11.9 Å². The van der Waals surface area contributed by atoms with Crippen molar-refractivity contribution < 1.29 is 4.79 Å². The van der Waals surface area contributed by atoms with Gasteiger partial charge in [-0.05, 0) is 32.8 Å². The standard InChI is InChI=1S/C18H24N6O/c1-11-17(12(2)23(3)22-11)15-6-7-19-18(21-15)20-9-13-8-16(25)24(10-13)14-4-5-14/h6-7,13-14H,4-5,8-10H2,1-3H3,(H,19,20,21)/t13-/m0/s1. The minimum Gasteiger partial charge on any atom is -0.354 e. The maximum atomic E-state index is 12.1. The first-order valence-electron chi connectivity index (χ1n) is 8.90. The van der Waals surface area contributed by atoms with Crippen molar-refractivity contribution in [3.05, 3.63) is 23.7 Å². The molecule has 1 aliphatic heterocycles. The van der Waals surface area contributed by atoms with Crippen molar-refractivity contribution in [1.82, 2.24) is 24.6 Å². The fourth-order valence-corrected chi connectivity index (χ4v) is 3.65. The number of nitrogens with one attached hydrogen (secondary N) is 1. The van der Waals surface area contributed by atoms with Gasteiger partial charge in [-0.15, -0.1) is 0 Å². The van der Waals surface area contributed by atoms with E-state index in [-0.39, 0.29) is 0 Å². The van der Waals surface area contributed by atoms with Gasteiger partial charge in [0, 0.05) is 56.0 Å². The highest BCUT2D eigenvalue weighted by atomic mass is 16.2. The van der Waals surface area contributed by atoms with Crippen LogP contribution >= 0.6 is 0 Å². The molecule has 0 bridgehead atoms. The van der Waals surface area contributed by atoms with Crippen LogP contribution in [0.5, 0.6) is 0 Å². The summed E-state index contributed by atoms with van der Waals surface area (Å²) in [6.45, 7) is 5.62. The van der Waals surface area contributed by atoms with Crippen molar-refractivity contribution in [3.63, 3.8) is 0 Å². The zero-order valence-electron chi connectivity index (χ0n) is 15.0. The molecule has 1 saturated heterocycles. The van der Waals surface area contributed by atoms with E-state index < -0.39 is 0 Å². The monoisotopic (exact) mass is 340 g/mol. The Morgan fingerprint density at radius 3 is 2.80 bits per heavy atom. The van der Waals surface area contributed by atoms with E-state index >= 15 is 0 Å². The maximum Gasteiger partial charge on any atom is 0.223 e. The highest BCUT2D eigenvalue weighted by molar-refractivity contribution is 5.79. The molecule has 0 aromatic carbocycles. The van der Waals surface area contributed by atoms with Crippen molar-refractivity contribution in [3.8, 4) is 11.3 Å². The number of nitrogens with zero attached hydrogens (tertiary/aromatic N) is 5. The second-order valence-electron chi connectivity index (χ2n) is 7.16. The number of rotatable bonds is 5. The van der Waals surface area contributed by atoms with Gasteiger partial charge in [0.05, 0.1) is 11.4 Å². The van der Waals surface area contributed by atoms with Crippen molar-refractivity contribution in [2.45, 2.75) is 39.2 Å². The van der Waals surface area contributed by atoms with Gasteiger partial charge in [-0.3, -0.25) is 9.48 Å². The van der Waals surface area contributed by atoms with E-state index in [9.17, 15) is 4.79 Å². The van der Waals surface area contributed by atoms with Gasteiger partial charge >= 0.3 is 0 Å². The fourth-order valence-electron chi connectivity index (χ4n) is 3.65. The summed E-state index contributed by atoms with van der Waals surface area (Å²) in [4.78, 5) is 23.1. The number of likely N-dealkylation sites (tertiary alicyclic amines) is 1. The Hall–Kier alpha value is -2.44. The summed E-state index contributed by atoms with van der Waals surface area (Å²) in [7, 11) is 1.94. The number of hydrogen-bond acceptors (Lipinski definition) is 5. The van der Waals surface area contributed by atoms with E-state index in [0.29, 0.717) is 30.2 Å². The van der Waals surface area contributed by atoms with Crippen molar-refractivity contribution in [1.29, 1.82) is 0 Å². The Morgan fingerprint density at radius 1 is 1.32 bits per heavy atom. The lowest BCUT2D eigenvalue weighted by Gasteiger charge is -2.15. The van der Waals surface area contributed by atoms with Crippen molar-refractivity contribution in [2.75, 3.05) is 18.4 Å². The predicted molar refractivity (Wildman–Crippen MR) is 95.0 cm³/mol. The average Bonchev–Trinajstić information content (AvgIpc) is 3.31. The molecule has 1 atom stereocenters. The van der Waals surface area contributed by atoms with Crippen LogP contribution in [0.15, 0.2) is 12.3 Å². The fraction of sp³-hybridized carbons (Fsp3) is 0.556. The van der Waals surface area contributed by atoms with Crippen LogP contribution in [0.1, 0.15) is 30.7 Å². The largest absolute Gasteiger partial charge is 0.354 e. The van der Waals surface area contributed by atoms with Gasteiger partial charge < -0.3 is 10.2 Å². The average molecular weight is 340 g/mol. The van der Waals surface area contributed by atoms with Crippen LogP contribution in [-0.4, -0.2) is 49.7 Å². The topological polar surface area (TPSA) is 75.9 Å². The van der Waals surface area contributed by atoms with Gasteiger partial charge in [0.1, 0.15) is 0 Å². The molecular weight excluding hydrogens is 316 g/mol. The number of aromatic nitrogens is 4. The molecule has 2 aromatic rings. The molecular formula is C18H24N6O. The van der Waals surface area contributed by atoms with Gasteiger partial charge in [0.25, 0.3) is 0 Å². The molecule has 1 saturated carbocycles. The van der Waals surface area contributed by atoms with Gasteiger partial charge in [-0.25, -0.2) is 9.97 Å². The Morgan fingerprint density at radius 2 is 2.12 bits per heavy atom. The van der Waals surface area contributed by atoms with Gasteiger partial charge in [-0.1, -0.05) is 0 Å². The summed E-state index contributed by atoms with van der Waals surface area (Å²) < 4.78 is 1.87.